The fraction of sp³-hybridized carbons (Fsp3) is 0.688. The van der Waals surface area contributed by atoms with Gasteiger partial charge >= 0.3 is 5.97 Å². The first-order valence-electron chi connectivity index (χ1n) is 8.21. The molecule has 2 aliphatic rings. The summed E-state index contributed by atoms with van der Waals surface area (Å²) in [5, 5.41) is 12.7. The molecule has 3 rings (SSSR count). The number of anilines is 1. The molecule has 3 heterocycles. The van der Waals surface area contributed by atoms with Gasteiger partial charge in [0, 0.05) is 62.8 Å². The van der Waals surface area contributed by atoms with E-state index in [0.29, 0.717) is 32.3 Å². The third-order valence-corrected chi connectivity index (χ3v) is 4.95. The smallest absolute Gasteiger partial charge is 0.308 e. The summed E-state index contributed by atoms with van der Waals surface area (Å²) in [6.07, 6.45) is 5.29. The van der Waals surface area contributed by atoms with Crippen LogP contribution in [0.2, 0.25) is 0 Å². The summed E-state index contributed by atoms with van der Waals surface area (Å²) >= 11 is 0. The quantitative estimate of drug-likeness (QED) is 0.843. The lowest BCUT2D eigenvalue weighted by Crippen LogP contribution is -2.40. The zero-order valence-corrected chi connectivity index (χ0v) is 13.5. The molecule has 0 saturated carbocycles. The number of carboxylic acids is 1. The van der Waals surface area contributed by atoms with Crippen molar-refractivity contribution in [2.45, 2.75) is 26.3 Å². The van der Waals surface area contributed by atoms with Crippen molar-refractivity contribution in [3.63, 3.8) is 0 Å². The second-order valence-corrected chi connectivity index (χ2v) is 6.48. The minimum atomic E-state index is -0.687. The predicted molar refractivity (Wildman–Crippen MR) is 85.1 cm³/mol. The van der Waals surface area contributed by atoms with Crippen LogP contribution < -0.4 is 5.32 Å². The van der Waals surface area contributed by atoms with E-state index >= 15 is 0 Å². The number of ether oxygens (including phenoxy) is 1. The first kappa shape index (κ1) is 16.1. The van der Waals surface area contributed by atoms with Crippen molar-refractivity contribution in [2.24, 2.45) is 11.3 Å². The Morgan fingerprint density at radius 2 is 2.13 bits per heavy atom. The highest BCUT2D eigenvalue weighted by molar-refractivity contribution is 5.72. The van der Waals surface area contributed by atoms with Crippen LogP contribution in [0, 0.1) is 11.3 Å². The van der Waals surface area contributed by atoms with Crippen molar-refractivity contribution < 1.29 is 14.6 Å². The number of hydrogen-bond acceptors (Lipinski definition) is 6. The third-order valence-electron chi connectivity index (χ3n) is 4.95. The number of nitrogens with zero attached hydrogens (tertiary/aromatic N) is 3. The molecule has 2 aliphatic heterocycles. The number of likely N-dealkylation sites (tertiary alicyclic amines) is 1. The van der Waals surface area contributed by atoms with Gasteiger partial charge in [-0.2, -0.15) is 0 Å². The molecule has 0 aliphatic carbocycles. The molecule has 0 aromatic carbocycles. The Balaban J connectivity index is 1.68. The number of hydrogen-bond donors (Lipinski definition) is 2. The van der Waals surface area contributed by atoms with E-state index in [1.165, 1.54) is 0 Å². The van der Waals surface area contributed by atoms with Crippen molar-refractivity contribution >= 4 is 11.9 Å². The van der Waals surface area contributed by atoms with Crippen LogP contribution in [0.4, 0.5) is 5.95 Å². The van der Waals surface area contributed by atoms with E-state index in [-0.39, 0.29) is 11.3 Å². The molecule has 126 valence electrons. The number of rotatable bonds is 5. The average molecular weight is 320 g/mol. The second kappa shape index (κ2) is 6.80. The van der Waals surface area contributed by atoms with E-state index in [4.69, 9.17) is 4.74 Å². The molecule has 7 nitrogen and oxygen atoms in total. The molecule has 1 aromatic heterocycles. The molecular formula is C16H24N4O3. The summed E-state index contributed by atoms with van der Waals surface area (Å²) in [5.74, 6) is -0.372. The summed E-state index contributed by atoms with van der Waals surface area (Å²) in [7, 11) is 0. The number of carboxylic acid groups (broad SMARTS) is 1. The Morgan fingerprint density at radius 3 is 2.74 bits per heavy atom. The molecule has 2 saturated heterocycles. The van der Waals surface area contributed by atoms with Gasteiger partial charge < -0.3 is 15.2 Å². The van der Waals surface area contributed by atoms with Gasteiger partial charge in [-0.3, -0.25) is 9.69 Å². The maximum Gasteiger partial charge on any atom is 0.308 e. The SMILES string of the molecule is CCNc1ncc(CN2CC(C(=O)O)C3(CCOCC3)C2)cn1. The minimum Gasteiger partial charge on any atom is -0.481 e. The molecule has 0 radical (unpaired) electrons. The van der Waals surface area contributed by atoms with Gasteiger partial charge in [-0.15, -0.1) is 0 Å². The first-order valence-corrected chi connectivity index (χ1v) is 8.21. The van der Waals surface area contributed by atoms with Crippen molar-refractivity contribution in [3.8, 4) is 0 Å². The largest absolute Gasteiger partial charge is 0.481 e. The van der Waals surface area contributed by atoms with Gasteiger partial charge in [0.15, 0.2) is 0 Å². The van der Waals surface area contributed by atoms with Crippen molar-refractivity contribution in [1.82, 2.24) is 14.9 Å². The van der Waals surface area contributed by atoms with Crippen molar-refractivity contribution in [2.75, 3.05) is 38.2 Å². The van der Waals surface area contributed by atoms with Gasteiger partial charge in [-0.1, -0.05) is 0 Å². The molecule has 1 unspecified atom stereocenters. The van der Waals surface area contributed by atoms with Crippen LogP contribution in [0.15, 0.2) is 12.4 Å². The van der Waals surface area contributed by atoms with Gasteiger partial charge in [0.1, 0.15) is 0 Å². The average Bonchev–Trinajstić information content (AvgIpc) is 2.88. The molecular weight excluding hydrogens is 296 g/mol. The number of aliphatic carboxylic acids is 1. The van der Waals surface area contributed by atoms with Crippen LogP contribution >= 0.6 is 0 Å². The summed E-state index contributed by atoms with van der Waals surface area (Å²) in [6, 6.07) is 0. The molecule has 1 spiro atoms. The zero-order chi connectivity index (χ0) is 16.3. The topological polar surface area (TPSA) is 87.6 Å². The van der Waals surface area contributed by atoms with Gasteiger partial charge in [0.25, 0.3) is 0 Å². The van der Waals surface area contributed by atoms with Gasteiger partial charge in [0.2, 0.25) is 5.95 Å². The van der Waals surface area contributed by atoms with Crippen LogP contribution in [0.5, 0.6) is 0 Å². The number of aromatic nitrogens is 2. The van der Waals surface area contributed by atoms with Crippen LogP contribution in [0.1, 0.15) is 25.3 Å². The molecule has 0 bridgehead atoms. The maximum atomic E-state index is 11.7. The van der Waals surface area contributed by atoms with E-state index in [1.54, 1.807) is 0 Å². The second-order valence-electron chi connectivity index (χ2n) is 6.48. The lowest BCUT2D eigenvalue weighted by molar-refractivity contribution is -0.146. The Labute approximate surface area is 136 Å². The monoisotopic (exact) mass is 320 g/mol. The highest BCUT2D eigenvalue weighted by Crippen LogP contribution is 2.44. The lowest BCUT2D eigenvalue weighted by Gasteiger charge is -2.36. The predicted octanol–water partition coefficient (Wildman–Crippen LogP) is 1.22. The summed E-state index contributed by atoms with van der Waals surface area (Å²) in [6.45, 7) is 6.21. The van der Waals surface area contributed by atoms with E-state index in [0.717, 1.165) is 31.5 Å². The van der Waals surface area contributed by atoms with E-state index in [2.05, 4.69) is 20.2 Å². The van der Waals surface area contributed by atoms with E-state index in [9.17, 15) is 9.90 Å². The Kier molecular flexibility index (Phi) is 4.77. The highest BCUT2D eigenvalue weighted by Gasteiger charge is 2.50. The van der Waals surface area contributed by atoms with Crippen molar-refractivity contribution in [3.05, 3.63) is 18.0 Å². The number of nitrogens with one attached hydrogen (secondary N) is 1. The summed E-state index contributed by atoms with van der Waals surface area (Å²) in [4.78, 5) is 22.5. The Morgan fingerprint density at radius 1 is 1.43 bits per heavy atom. The molecule has 1 aromatic rings. The fourth-order valence-electron chi connectivity index (χ4n) is 3.76. The minimum absolute atomic E-state index is 0.144. The maximum absolute atomic E-state index is 11.7. The summed E-state index contributed by atoms with van der Waals surface area (Å²) in [5.41, 5.74) is 0.870. The third kappa shape index (κ3) is 3.45. The summed E-state index contributed by atoms with van der Waals surface area (Å²) < 4.78 is 5.44. The van der Waals surface area contributed by atoms with Crippen LogP contribution in [-0.2, 0) is 16.1 Å². The van der Waals surface area contributed by atoms with Crippen LogP contribution in [0.3, 0.4) is 0 Å². The zero-order valence-electron chi connectivity index (χ0n) is 13.5. The molecule has 23 heavy (non-hydrogen) atoms. The van der Waals surface area contributed by atoms with Gasteiger partial charge in [-0.05, 0) is 19.8 Å². The standard InChI is InChI=1S/C16H24N4O3/c1-2-17-15-18-7-12(8-19-15)9-20-10-13(14(21)22)16(11-20)3-5-23-6-4-16/h7-8,13H,2-6,9-11H2,1H3,(H,21,22)(H,17,18,19). The van der Waals surface area contributed by atoms with E-state index < -0.39 is 5.97 Å². The molecule has 2 fully saturated rings. The van der Waals surface area contributed by atoms with Gasteiger partial charge in [-0.25, -0.2) is 9.97 Å². The molecule has 0 amide bonds. The molecule has 7 heteroatoms. The molecule has 1 atom stereocenters. The first-order chi connectivity index (χ1) is 11.1. The highest BCUT2D eigenvalue weighted by atomic mass is 16.5. The Bertz CT molecular complexity index is 543. The Hall–Kier alpha value is -1.73. The molecule has 2 N–H and O–H groups in total. The fourth-order valence-corrected chi connectivity index (χ4v) is 3.76. The van der Waals surface area contributed by atoms with Gasteiger partial charge in [0.05, 0.1) is 5.92 Å². The van der Waals surface area contributed by atoms with Crippen LogP contribution in [-0.4, -0.2) is 58.8 Å². The van der Waals surface area contributed by atoms with Crippen molar-refractivity contribution in [1.29, 1.82) is 0 Å². The lowest BCUT2D eigenvalue weighted by atomic mass is 9.72. The van der Waals surface area contributed by atoms with E-state index in [1.807, 2.05) is 19.3 Å². The number of carbonyl (C=O) groups is 1. The van der Waals surface area contributed by atoms with Crippen LogP contribution in [0.25, 0.3) is 0 Å². The normalized spacial score (nSPS) is 24.0.